The first kappa shape index (κ1) is 16.2. The second-order valence-electron chi connectivity index (χ2n) is 5.01. The average Bonchev–Trinajstić information content (AvgIpc) is 2.89. The third-order valence-corrected chi connectivity index (χ3v) is 3.92. The van der Waals surface area contributed by atoms with E-state index < -0.39 is 11.7 Å². The maximum atomic E-state index is 12.0. The van der Waals surface area contributed by atoms with Crippen molar-refractivity contribution in [1.82, 2.24) is 4.57 Å². The number of hydrogen-bond acceptors (Lipinski definition) is 5. The van der Waals surface area contributed by atoms with Crippen LogP contribution in [0.5, 0.6) is 0 Å². The molecule has 6 nitrogen and oxygen atoms in total. The van der Waals surface area contributed by atoms with Crippen LogP contribution in [-0.4, -0.2) is 22.9 Å². The molecule has 0 bridgehead atoms. The fourth-order valence-corrected chi connectivity index (χ4v) is 2.47. The molecule has 0 unspecified atom stereocenters. The number of Topliss-reactive ketones (excluding diaryl/α,β-unsaturated/α-hetero) is 1. The van der Waals surface area contributed by atoms with Crippen LogP contribution >= 0.6 is 15.9 Å². The Morgan fingerprint density at radius 2 is 1.79 bits per heavy atom. The molecule has 1 aromatic heterocycles. The molecule has 0 radical (unpaired) electrons. The van der Waals surface area contributed by atoms with E-state index in [1.54, 1.807) is 48.5 Å². The zero-order valence-corrected chi connectivity index (χ0v) is 14.0. The predicted molar refractivity (Wildman–Crippen MR) is 89.9 cm³/mol. The number of halogens is 1. The fraction of sp³-hybridized carbons (Fsp3) is 0.118. The highest BCUT2D eigenvalue weighted by molar-refractivity contribution is 9.10. The standard InChI is InChI=1S/C17H12BrNO5/c18-12-7-5-11(6-8-12)14(20)10-23-16(21)9-19-13-3-1-2-4-15(13)24-17(19)22/h1-8H,9-10H2. The summed E-state index contributed by atoms with van der Waals surface area (Å²) in [6.07, 6.45) is 0. The van der Waals surface area contributed by atoms with Crippen LogP contribution in [-0.2, 0) is 16.1 Å². The Morgan fingerprint density at radius 1 is 1.08 bits per heavy atom. The van der Waals surface area contributed by atoms with Crippen LogP contribution in [0.1, 0.15) is 10.4 Å². The molecule has 2 aromatic carbocycles. The topological polar surface area (TPSA) is 78.5 Å². The number of ketones is 1. The Balaban J connectivity index is 1.65. The van der Waals surface area contributed by atoms with E-state index in [0.717, 1.165) is 4.47 Å². The van der Waals surface area contributed by atoms with Crippen LogP contribution in [0.2, 0.25) is 0 Å². The zero-order chi connectivity index (χ0) is 17.1. The van der Waals surface area contributed by atoms with Crippen LogP contribution in [0.15, 0.2) is 62.2 Å². The molecule has 122 valence electrons. The number of rotatable bonds is 5. The molecule has 3 rings (SSSR count). The Kier molecular flexibility index (Phi) is 4.61. The summed E-state index contributed by atoms with van der Waals surface area (Å²) in [6.45, 7) is -0.700. The molecule has 0 saturated carbocycles. The summed E-state index contributed by atoms with van der Waals surface area (Å²) >= 11 is 3.28. The maximum Gasteiger partial charge on any atom is 0.420 e. The van der Waals surface area contributed by atoms with Crippen LogP contribution < -0.4 is 5.76 Å². The largest absolute Gasteiger partial charge is 0.456 e. The lowest BCUT2D eigenvalue weighted by Crippen LogP contribution is -2.23. The lowest BCUT2D eigenvalue weighted by atomic mass is 10.1. The van der Waals surface area contributed by atoms with Gasteiger partial charge in [-0.2, -0.15) is 0 Å². The van der Waals surface area contributed by atoms with E-state index in [0.29, 0.717) is 16.7 Å². The molecule has 24 heavy (non-hydrogen) atoms. The summed E-state index contributed by atoms with van der Waals surface area (Å²) in [4.78, 5) is 35.7. The summed E-state index contributed by atoms with van der Waals surface area (Å²) in [5, 5.41) is 0. The van der Waals surface area contributed by atoms with Crippen molar-refractivity contribution in [2.45, 2.75) is 6.54 Å². The first-order valence-corrected chi connectivity index (χ1v) is 7.86. The van der Waals surface area contributed by atoms with Gasteiger partial charge in [0.05, 0.1) is 5.52 Å². The Morgan fingerprint density at radius 3 is 2.54 bits per heavy atom. The summed E-state index contributed by atoms with van der Waals surface area (Å²) < 4.78 is 12.0. The van der Waals surface area contributed by atoms with Gasteiger partial charge in [-0.1, -0.05) is 40.2 Å². The van der Waals surface area contributed by atoms with Crippen LogP contribution in [0.4, 0.5) is 0 Å². The monoisotopic (exact) mass is 389 g/mol. The Labute approximate surface area is 144 Å². The molecule has 0 saturated heterocycles. The molecule has 0 N–H and O–H groups in total. The quantitative estimate of drug-likeness (QED) is 0.495. The summed E-state index contributed by atoms with van der Waals surface area (Å²) in [5.74, 6) is -1.65. The normalized spacial score (nSPS) is 10.7. The number of fused-ring (bicyclic) bond motifs is 1. The van der Waals surface area contributed by atoms with E-state index >= 15 is 0 Å². The van der Waals surface area contributed by atoms with Crippen molar-refractivity contribution in [1.29, 1.82) is 0 Å². The third kappa shape index (κ3) is 3.46. The van der Waals surface area contributed by atoms with Crippen molar-refractivity contribution in [3.05, 3.63) is 69.1 Å². The first-order valence-electron chi connectivity index (χ1n) is 7.07. The molecule has 1 heterocycles. The van der Waals surface area contributed by atoms with Crippen molar-refractivity contribution < 1.29 is 18.7 Å². The summed E-state index contributed by atoms with van der Waals surface area (Å²) in [6, 6.07) is 13.5. The van der Waals surface area contributed by atoms with Crippen molar-refractivity contribution in [3.63, 3.8) is 0 Å². The number of esters is 1. The lowest BCUT2D eigenvalue weighted by molar-refractivity contribution is -0.143. The molecule has 0 fully saturated rings. The maximum absolute atomic E-state index is 12.0. The number of nitrogens with zero attached hydrogens (tertiary/aromatic N) is 1. The van der Waals surface area contributed by atoms with E-state index in [1.807, 2.05) is 0 Å². The van der Waals surface area contributed by atoms with Crippen molar-refractivity contribution in [3.8, 4) is 0 Å². The summed E-state index contributed by atoms with van der Waals surface area (Å²) in [7, 11) is 0. The molecule has 0 aliphatic carbocycles. The number of ether oxygens (including phenoxy) is 1. The van der Waals surface area contributed by atoms with Gasteiger partial charge in [-0.3, -0.25) is 14.2 Å². The molecular formula is C17H12BrNO5. The van der Waals surface area contributed by atoms with E-state index in [4.69, 9.17) is 9.15 Å². The second kappa shape index (κ2) is 6.84. The van der Waals surface area contributed by atoms with Gasteiger partial charge < -0.3 is 9.15 Å². The van der Waals surface area contributed by atoms with E-state index in [1.165, 1.54) is 4.57 Å². The van der Waals surface area contributed by atoms with Gasteiger partial charge in [-0.25, -0.2) is 4.79 Å². The number of carbonyl (C=O) groups is 2. The SMILES string of the molecule is O=C(Cn1c(=O)oc2ccccc21)OCC(=O)c1ccc(Br)cc1. The molecule has 3 aromatic rings. The molecule has 0 amide bonds. The molecule has 0 aliphatic heterocycles. The minimum Gasteiger partial charge on any atom is -0.456 e. The smallest absolute Gasteiger partial charge is 0.420 e. The van der Waals surface area contributed by atoms with Crippen LogP contribution in [0.25, 0.3) is 11.1 Å². The van der Waals surface area contributed by atoms with Crippen molar-refractivity contribution in [2.75, 3.05) is 6.61 Å². The average molecular weight is 390 g/mol. The van der Waals surface area contributed by atoms with E-state index in [9.17, 15) is 14.4 Å². The zero-order valence-electron chi connectivity index (χ0n) is 12.4. The van der Waals surface area contributed by atoms with Gasteiger partial charge in [0, 0.05) is 10.0 Å². The highest BCUT2D eigenvalue weighted by Crippen LogP contribution is 2.12. The number of carbonyl (C=O) groups excluding carboxylic acids is 2. The van der Waals surface area contributed by atoms with E-state index in [2.05, 4.69) is 15.9 Å². The van der Waals surface area contributed by atoms with Gasteiger partial charge in [0.15, 0.2) is 18.0 Å². The van der Waals surface area contributed by atoms with Gasteiger partial charge in [0.25, 0.3) is 0 Å². The van der Waals surface area contributed by atoms with Gasteiger partial charge in [0.1, 0.15) is 6.54 Å². The number of oxazole rings is 1. The minimum absolute atomic E-state index is 0.316. The third-order valence-electron chi connectivity index (χ3n) is 3.39. The van der Waals surface area contributed by atoms with Crippen molar-refractivity contribution in [2.24, 2.45) is 0 Å². The minimum atomic E-state index is -0.686. The number of aromatic nitrogens is 1. The molecule has 7 heteroatoms. The fourth-order valence-electron chi connectivity index (χ4n) is 2.20. The number of benzene rings is 2. The van der Waals surface area contributed by atoms with Gasteiger partial charge in [-0.05, 0) is 24.3 Å². The second-order valence-corrected chi connectivity index (χ2v) is 5.93. The van der Waals surface area contributed by atoms with Gasteiger partial charge in [0.2, 0.25) is 0 Å². The van der Waals surface area contributed by atoms with Crippen molar-refractivity contribution >= 4 is 38.8 Å². The Hall–Kier alpha value is -2.67. The number of para-hydroxylation sites is 2. The first-order chi connectivity index (χ1) is 11.5. The molecular weight excluding hydrogens is 378 g/mol. The highest BCUT2D eigenvalue weighted by atomic mass is 79.9. The molecule has 0 aliphatic rings. The molecule has 0 atom stereocenters. The Bertz CT molecular complexity index is 955. The predicted octanol–water partition coefficient (Wildman–Crippen LogP) is 2.78. The van der Waals surface area contributed by atoms with Crippen LogP contribution in [0.3, 0.4) is 0 Å². The molecule has 0 spiro atoms. The number of hydrogen-bond donors (Lipinski definition) is 0. The van der Waals surface area contributed by atoms with E-state index in [-0.39, 0.29) is 18.9 Å². The van der Waals surface area contributed by atoms with Crippen LogP contribution in [0, 0.1) is 0 Å². The van der Waals surface area contributed by atoms with Gasteiger partial charge >= 0.3 is 11.7 Å². The highest BCUT2D eigenvalue weighted by Gasteiger charge is 2.15. The summed E-state index contributed by atoms with van der Waals surface area (Å²) in [5.41, 5.74) is 1.33. The lowest BCUT2D eigenvalue weighted by Gasteiger charge is -2.05. The van der Waals surface area contributed by atoms with Gasteiger partial charge in [-0.15, -0.1) is 0 Å².